The number of piperidine rings is 1. The van der Waals surface area contributed by atoms with Crippen LogP contribution in [0.2, 0.25) is 0 Å². The van der Waals surface area contributed by atoms with Crippen molar-refractivity contribution in [2.24, 2.45) is 5.92 Å². The maximum Gasteiger partial charge on any atom is 0.416 e. The molecule has 0 spiro atoms. The Balaban J connectivity index is 1.56. The molecule has 0 saturated carbocycles. The van der Waals surface area contributed by atoms with Gasteiger partial charge in [0, 0.05) is 25.2 Å². The van der Waals surface area contributed by atoms with Crippen LogP contribution in [-0.4, -0.2) is 36.3 Å². The standard InChI is InChI=1S/C23H25F3N2O2/c1-16-5-2-6-17(13-16)10-11-27-21(29)19-8-4-12-28(15-19)22(30)18-7-3-9-20(14-18)23(24,25)26/h2-3,5-7,9,13-14,19H,4,8,10-12,15H2,1H3,(H,27,29)/t19-/m1/s1. The van der Waals surface area contributed by atoms with Gasteiger partial charge in [-0.3, -0.25) is 9.59 Å². The van der Waals surface area contributed by atoms with Crippen molar-refractivity contribution in [1.29, 1.82) is 0 Å². The van der Waals surface area contributed by atoms with E-state index in [0.717, 1.165) is 23.3 Å². The molecule has 0 bridgehead atoms. The molecule has 0 unspecified atom stereocenters. The van der Waals surface area contributed by atoms with Crippen molar-refractivity contribution in [1.82, 2.24) is 10.2 Å². The van der Waals surface area contributed by atoms with Crippen LogP contribution in [0.15, 0.2) is 48.5 Å². The van der Waals surface area contributed by atoms with Gasteiger partial charge in [0.25, 0.3) is 5.91 Å². The molecule has 7 heteroatoms. The average Bonchev–Trinajstić information content (AvgIpc) is 2.73. The smallest absolute Gasteiger partial charge is 0.355 e. The summed E-state index contributed by atoms with van der Waals surface area (Å²) in [5.41, 5.74) is 1.44. The highest BCUT2D eigenvalue weighted by Crippen LogP contribution is 2.30. The van der Waals surface area contributed by atoms with E-state index in [4.69, 9.17) is 0 Å². The van der Waals surface area contributed by atoms with Crippen molar-refractivity contribution in [3.63, 3.8) is 0 Å². The van der Waals surface area contributed by atoms with Gasteiger partial charge < -0.3 is 10.2 Å². The van der Waals surface area contributed by atoms with Crippen molar-refractivity contribution in [2.75, 3.05) is 19.6 Å². The minimum Gasteiger partial charge on any atom is -0.355 e. The molecule has 1 N–H and O–H groups in total. The zero-order chi connectivity index (χ0) is 21.7. The first kappa shape index (κ1) is 21.9. The quantitative estimate of drug-likeness (QED) is 0.790. The van der Waals surface area contributed by atoms with E-state index in [0.29, 0.717) is 32.4 Å². The van der Waals surface area contributed by atoms with Crippen molar-refractivity contribution in [3.05, 3.63) is 70.8 Å². The summed E-state index contributed by atoms with van der Waals surface area (Å²) in [6, 6.07) is 12.5. The SMILES string of the molecule is Cc1cccc(CCNC(=O)[C@@H]2CCCN(C(=O)c3cccc(C(F)(F)F)c3)C2)c1. The monoisotopic (exact) mass is 418 g/mol. The van der Waals surface area contributed by atoms with Crippen LogP contribution in [-0.2, 0) is 17.4 Å². The molecule has 160 valence electrons. The molecule has 1 fully saturated rings. The lowest BCUT2D eigenvalue weighted by atomic mass is 9.96. The third-order valence-electron chi connectivity index (χ3n) is 5.31. The number of nitrogens with zero attached hydrogens (tertiary/aromatic N) is 1. The molecule has 1 heterocycles. The van der Waals surface area contributed by atoms with Gasteiger partial charge in [-0.25, -0.2) is 0 Å². The number of rotatable bonds is 5. The Morgan fingerprint density at radius 3 is 2.63 bits per heavy atom. The van der Waals surface area contributed by atoms with E-state index in [9.17, 15) is 22.8 Å². The van der Waals surface area contributed by atoms with Gasteiger partial charge in [-0.1, -0.05) is 35.9 Å². The third-order valence-corrected chi connectivity index (χ3v) is 5.31. The van der Waals surface area contributed by atoms with Crippen molar-refractivity contribution in [2.45, 2.75) is 32.4 Å². The van der Waals surface area contributed by atoms with Crippen molar-refractivity contribution >= 4 is 11.8 Å². The van der Waals surface area contributed by atoms with Crippen LogP contribution >= 0.6 is 0 Å². The molecule has 2 amide bonds. The second-order valence-electron chi connectivity index (χ2n) is 7.70. The number of benzene rings is 2. The summed E-state index contributed by atoms with van der Waals surface area (Å²) in [5.74, 6) is -0.950. The first-order valence-electron chi connectivity index (χ1n) is 10.0. The first-order chi connectivity index (χ1) is 14.2. The fourth-order valence-electron chi connectivity index (χ4n) is 3.73. The molecule has 0 radical (unpaired) electrons. The number of carbonyl (C=O) groups excluding carboxylic acids is 2. The van der Waals surface area contributed by atoms with Crippen molar-refractivity contribution < 1.29 is 22.8 Å². The van der Waals surface area contributed by atoms with Gasteiger partial charge in [0.1, 0.15) is 0 Å². The number of nitrogens with one attached hydrogen (secondary N) is 1. The number of hydrogen-bond donors (Lipinski definition) is 1. The molecule has 2 aromatic rings. The van der Waals surface area contributed by atoms with Crippen LogP contribution in [0.25, 0.3) is 0 Å². The second-order valence-corrected chi connectivity index (χ2v) is 7.70. The molecule has 1 aliphatic heterocycles. The zero-order valence-electron chi connectivity index (χ0n) is 16.8. The predicted molar refractivity (Wildman–Crippen MR) is 108 cm³/mol. The normalized spacial score (nSPS) is 16.9. The Bertz CT molecular complexity index is 911. The lowest BCUT2D eigenvalue weighted by Gasteiger charge is -2.32. The summed E-state index contributed by atoms with van der Waals surface area (Å²) in [6.07, 6.45) is -2.49. The minimum atomic E-state index is -4.50. The van der Waals surface area contributed by atoms with E-state index in [-0.39, 0.29) is 23.9 Å². The van der Waals surface area contributed by atoms with Crippen LogP contribution in [0.5, 0.6) is 0 Å². The van der Waals surface area contributed by atoms with E-state index < -0.39 is 17.6 Å². The molecule has 0 aromatic heterocycles. The van der Waals surface area contributed by atoms with Gasteiger partial charge in [0.15, 0.2) is 0 Å². The van der Waals surface area contributed by atoms with E-state index in [1.54, 1.807) is 0 Å². The topological polar surface area (TPSA) is 49.4 Å². The second kappa shape index (κ2) is 9.32. The van der Waals surface area contributed by atoms with Gasteiger partial charge in [-0.05, 0) is 49.9 Å². The van der Waals surface area contributed by atoms with E-state index in [1.807, 2.05) is 25.1 Å². The highest BCUT2D eigenvalue weighted by Gasteiger charge is 2.32. The highest BCUT2D eigenvalue weighted by atomic mass is 19.4. The van der Waals surface area contributed by atoms with Gasteiger partial charge in [-0.2, -0.15) is 13.2 Å². The maximum absolute atomic E-state index is 12.9. The van der Waals surface area contributed by atoms with E-state index in [1.165, 1.54) is 17.0 Å². The van der Waals surface area contributed by atoms with Gasteiger partial charge >= 0.3 is 6.18 Å². The summed E-state index contributed by atoms with van der Waals surface area (Å²) in [6.45, 7) is 3.16. The molecular formula is C23H25F3N2O2. The number of likely N-dealkylation sites (tertiary alicyclic amines) is 1. The maximum atomic E-state index is 12.9. The van der Waals surface area contributed by atoms with Crippen molar-refractivity contribution in [3.8, 4) is 0 Å². The molecule has 4 nitrogen and oxygen atoms in total. The van der Waals surface area contributed by atoms with E-state index in [2.05, 4.69) is 11.4 Å². The summed E-state index contributed by atoms with van der Waals surface area (Å²) >= 11 is 0. The fourth-order valence-corrected chi connectivity index (χ4v) is 3.73. The zero-order valence-corrected chi connectivity index (χ0v) is 16.8. The highest BCUT2D eigenvalue weighted by molar-refractivity contribution is 5.95. The van der Waals surface area contributed by atoms with Crippen LogP contribution in [0.3, 0.4) is 0 Å². The Labute approximate surface area is 174 Å². The Hall–Kier alpha value is -2.83. The van der Waals surface area contributed by atoms with Crippen LogP contribution < -0.4 is 5.32 Å². The molecule has 0 aliphatic carbocycles. The van der Waals surface area contributed by atoms with Gasteiger partial charge in [0.2, 0.25) is 5.91 Å². The fraction of sp³-hybridized carbons (Fsp3) is 0.391. The number of aryl methyl sites for hydroxylation is 1. The number of alkyl halides is 3. The lowest BCUT2D eigenvalue weighted by Crippen LogP contribution is -2.45. The molecule has 2 aromatic carbocycles. The number of carbonyl (C=O) groups is 2. The number of halogens is 3. The molecule has 1 saturated heterocycles. The van der Waals surface area contributed by atoms with Gasteiger partial charge in [-0.15, -0.1) is 0 Å². The minimum absolute atomic E-state index is 0.00895. The molecule has 1 atom stereocenters. The summed E-state index contributed by atoms with van der Waals surface area (Å²) < 4.78 is 38.8. The van der Waals surface area contributed by atoms with Crippen LogP contribution in [0, 0.1) is 12.8 Å². The van der Waals surface area contributed by atoms with Crippen LogP contribution in [0.1, 0.15) is 39.9 Å². The average molecular weight is 418 g/mol. The summed E-state index contributed by atoms with van der Waals surface area (Å²) in [7, 11) is 0. The number of hydrogen-bond acceptors (Lipinski definition) is 2. The Morgan fingerprint density at radius 2 is 1.90 bits per heavy atom. The van der Waals surface area contributed by atoms with Crippen LogP contribution in [0.4, 0.5) is 13.2 Å². The molecule has 30 heavy (non-hydrogen) atoms. The third kappa shape index (κ3) is 5.62. The first-order valence-corrected chi connectivity index (χ1v) is 10.0. The van der Waals surface area contributed by atoms with Gasteiger partial charge in [0.05, 0.1) is 11.5 Å². The summed E-state index contributed by atoms with van der Waals surface area (Å²) in [5, 5.41) is 2.92. The summed E-state index contributed by atoms with van der Waals surface area (Å²) in [4.78, 5) is 26.7. The predicted octanol–water partition coefficient (Wildman–Crippen LogP) is 4.22. The molecule has 1 aliphatic rings. The Kier molecular flexibility index (Phi) is 6.80. The number of amides is 2. The molecule has 3 rings (SSSR count). The van der Waals surface area contributed by atoms with E-state index >= 15 is 0 Å². The molecular weight excluding hydrogens is 393 g/mol. The largest absolute Gasteiger partial charge is 0.416 e. The lowest BCUT2D eigenvalue weighted by molar-refractivity contribution is -0.137. The Morgan fingerprint density at radius 1 is 1.13 bits per heavy atom.